The highest BCUT2D eigenvalue weighted by Crippen LogP contribution is 2.31. The van der Waals surface area contributed by atoms with Crippen molar-refractivity contribution in [2.45, 2.75) is 31.7 Å². The standard InChI is InChI=1S/C22H26N4O5S/c1-30-17-10-8-15(9-11-17)13-20(27)26-12-3-2-5-16(26)14-31-19-7-4-6-18-21(19)22(23)25-32(28,29)24-18/h4,6-11,16,24H,2-3,5,12-14H2,1H3,(H2,23,25)/t16-/m1/s1. The van der Waals surface area contributed by atoms with Crippen molar-refractivity contribution in [3.8, 4) is 11.5 Å². The van der Waals surface area contributed by atoms with Crippen LogP contribution in [-0.4, -0.2) is 51.4 Å². The van der Waals surface area contributed by atoms with E-state index in [-0.39, 0.29) is 24.4 Å². The first-order valence-electron chi connectivity index (χ1n) is 10.4. The van der Waals surface area contributed by atoms with Crippen LogP contribution < -0.4 is 19.9 Å². The van der Waals surface area contributed by atoms with E-state index in [0.29, 0.717) is 30.0 Å². The molecular weight excluding hydrogens is 432 g/mol. The Morgan fingerprint density at radius 1 is 1.22 bits per heavy atom. The molecule has 0 spiro atoms. The van der Waals surface area contributed by atoms with Crippen LogP contribution in [0.4, 0.5) is 5.69 Å². The number of nitrogens with zero attached hydrogens (tertiary/aromatic N) is 2. The molecule has 0 bridgehead atoms. The molecule has 2 aromatic carbocycles. The number of amidine groups is 1. The van der Waals surface area contributed by atoms with Crippen molar-refractivity contribution in [3.05, 3.63) is 53.6 Å². The topological polar surface area (TPSA) is 123 Å². The lowest BCUT2D eigenvalue weighted by atomic mass is 10.0. The van der Waals surface area contributed by atoms with Gasteiger partial charge in [-0.2, -0.15) is 8.42 Å². The van der Waals surface area contributed by atoms with Gasteiger partial charge in [-0.1, -0.05) is 18.2 Å². The first-order chi connectivity index (χ1) is 15.4. The van der Waals surface area contributed by atoms with E-state index in [1.54, 1.807) is 25.3 Å². The molecule has 2 heterocycles. The van der Waals surface area contributed by atoms with Gasteiger partial charge in [0, 0.05) is 6.54 Å². The summed E-state index contributed by atoms with van der Waals surface area (Å²) < 4.78 is 40.6. The number of fused-ring (bicyclic) bond motifs is 1. The quantitative estimate of drug-likeness (QED) is 0.683. The van der Waals surface area contributed by atoms with Gasteiger partial charge < -0.3 is 20.1 Å². The highest BCUT2D eigenvalue weighted by molar-refractivity contribution is 7.91. The van der Waals surface area contributed by atoms with Gasteiger partial charge in [0.1, 0.15) is 18.1 Å². The van der Waals surface area contributed by atoms with Crippen molar-refractivity contribution in [1.82, 2.24) is 4.90 Å². The fourth-order valence-corrected chi connectivity index (χ4v) is 4.89. The number of hydrogen-bond acceptors (Lipinski definition) is 6. The summed E-state index contributed by atoms with van der Waals surface area (Å²) in [6, 6.07) is 12.4. The number of ether oxygens (including phenoxy) is 2. The van der Waals surface area contributed by atoms with E-state index in [1.165, 1.54) is 0 Å². The molecule has 2 aliphatic heterocycles. The number of nitrogens with one attached hydrogen (secondary N) is 1. The molecule has 1 saturated heterocycles. The number of hydrogen-bond donors (Lipinski definition) is 2. The second-order valence-electron chi connectivity index (χ2n) is 7.80. The van der Waals surface area contributed by atoms with E-state index in [2.05, 4.69) is 9.12 Å². The molecule has 4 rings (SSSR count). The molecule has 0 radical (unpaired) electrons. The summed E-state index contributed by atoms with van der Waals surface area (Å²) in [5.74, 6) is 1.11. The summed E-state index contributed by atoms with van der Waals surface area (Å²) in [6.07, 6.45) is 3.10. The van der Waals surface area contributed by atoms with Crippen LogP contribution in [0, 0.1) is 0 Å². The van der Waals surface area contributed by atoms with E-state index in [9.17, 15) is 13.2 Å². The number of nitrogens with two attached hydrogens (primary N) is 1. The number of anilines is 1. The molecule has 32 heavy (non-hydrogen) atoms. The Kier molecular flexibility index (Phi) is 6.22. The van der Waals surface area contributed by atoms with Gasteiger partial charge in [0.25, 0.3) is 0 Å². The molecule has 0 unspecified atom stereocenters. The average molecular weight is 459 g/mol. The summed E-state index contributed by atoms with van der Waals surface area (Å²) in [6.45, 7) is 0.962. The number of amides is 1. The van der Waals surface area contributed by atoms with E-state index < -0.39 is 10.2 Å². The molecule has 170 valence electrons. The predicted molar refractivity (Wildman–Crippen MR) is 121 cm³/mol. The van der Waals surface area contributed by atoms with Gasteiger partial charge in [-0.05, 0) is 49.1 Å². The Hall–Kier alpha value is -3.27. The third-order valence-electron chi connectivity index (χ3n) is 5.63. The smallest absolute Gasteiger partial charge is 0.344 e. The van der Waals surface area contributed by atoms with Gasteiger partial charge in [-0.25, -0.2) is 0 Å². The minimum absolute atomic E-state index is 0.0485. The molecular formula is C22H26N4O5S. The maximum atomic E-state index is 13.0. The normalized spacial score (nSPS) is 19.3. The molecule has 10 heteroatoms. The predicted octanol–water partition coefficient (Wildman–Crippen LogP) is 2.07. The number of likely N-dealkylation sites (tertiary alicyclic amines) is 1. The van der Waals surface area contributed by atoms with E-state index in [0.717, 1.165) is 30.6 Å². The zero-order valence-electron chi connectivity index (χ0n) is 17.8. The molecule has 2 aliphatic rings. The first-order valence-corrected chi connectivity index (χ1v) is 11.9. The largest absolute Gasteiger partial charge is 0.497 e. The minimum Gasteiger partial charge on any atom is -0.497 e. The fourth-order valence-electron chi connectivity index (χ4n) is 4.05. The van der Waals surface area contributed by atoms with Gasteiger partial charge in [-0.3, -0.25) is 9.52 Å². The number of methoxy groups -OCH3 is 1. The zero-order chi connectivity index (χ0) is 22.7. The zero-order valence-corrected chi connectivity index (χ0v) is 18.6. The van der Waals surface area contributed by atoms with Crippen molar-refractivity contribution in [2.75, 3.05) is 25.0 Å². The Labute approximate surface area is 187 Å². The van der Waals surface area contributed by atoms with E-state index >= 15 is 0 Å². The average Bonchev–Trinajstić information content (AvgIpc) is 2.77. The van der Waals surface area contributed by atoms with Crippen molar-refractivity contribution in [1.29, 1.82) is 0 Å². The highest BCUT2D eigenvalue weighted by Gasteiger charge is 2.29. The van der Waals surface area contributed by atoms with Crippen molar-refractivity contribution in [3.63, 3.8) is 0 Å². The van der Waals surface area contributed by atoms with Crippen molar-refractivity contribution in [2.24, 2.45) is 10.1 Å². The van der Waals surface area contributed by atoms with Gasteiger partial charge in [0.05, 0.1) is 30.8 Å². The third-order valence-corrected chi connectivity index (χ3v) is 6.55. The van der Waals surface area contributed by atoms with Crippen LogP contribution >= 0.6 is 0 Å². The molecule has 0 saturated carbocycles. The summed E-state index contributed by atoms with van der Waals surface area (Å²) in [4.78, 5) is 14.9. The number of piperidine rings is 1. The highest BCUT2D eigenvalue weighted by atomic mass is 32.2. The third kappa shape index (κ3) is 4.80. The van der Waals surface area contributed by atoms with Crippen LogP contribution in [0.1, 0.15) is 30.4 Å². The maximum absolute atomic E-state index is 13.0. The van der Waals surface area contributed by atoms with Crippen LogP contribution in [0.2, 0.25) is 0 Å². The van der Waals surface area contributed by atoms with Crippen molar-refractivity contribution >= 4 is 27.6 Å². The Morgan fingerprint density at radius 3 is 2.75 bits per heavy atom. The summed E-state index contributed by atoms with van der Waals surface area (Å²) in [5.41, 5.74) is 7.55. The lowest BCUT2D eigenvalue weighted by molar-refractivity contribution is -0.134. The SMILES string of the molecule is COc1ccc(CC(=O)N2CCCC[C@@H]2COc2cccc3c2C(N)=NS(=O)(=O)N3)cc1. The van der Waals surface area contributed by atoms with Crippen LogP contribution in [0.25, 0.3) is 0 Å². The summed E-state index contributed by atoms with van der Waals surface area (Å²) in [7, 11) is -2.25. The van der Waals surface area contributed by atoms with Crippen LogP contribution in [0.3, 0.4) is 0 Å². The van der Waals surface area contributed by atoms with Crippen LogP contribution in [0.5, 0.6) is 11.5 Å². The van der Waals surface area contributed by atoms with Crippen molar-refractivity contribution < 1.29 is 22.7 Å². The van der Waals surface area contributed by atoms with Gasteiger partial charge in [-0.15, -0.1) is 4.40 Å². The van der Waals surface area contributed by atoms with E-state index in [4.69, 9.17) is 15.2 Å². The second-order valence-corrected chi connectivity index (χ2v) is 9.14. The molecule has 0 aliphatic carbocycles. The Balaban J connectivity index is 1.46. The lowest BCUT2D eigenvalue weighted by Crippen LogP contribution is -2.47. The first kappa shape index (κ1) is 21.9. The molecule has 9 nitrogen and oxygen atoms in total. The molecule has 1 fully saturated rings. The Bertz CT molecular complexity index is 1130. The monoisotopic (exact) mass is 458 g/mol. The molecule has 3 N–H and O–H groups in total. The minimum atomic E-state index is -3.86. The van der Waals surface area contributed by atoms with Crippen LogP contribution in [0.15, 0.2) is 46.9 Å². The number of carbonyl (C=O) groups is 1. The van der Waals surface area contributed by atoms with E-state index in [1.807, 2.05) is 29.2 Å². The van der Waals surface area contributed by atoms with Gasteiger partial charge in [0.2, 0.25) is 5.91 Å². The summed E-state index contributed by atoms with van der Waals surface area (Å²) >= 11 is 0. The fraction of sp³-hybridized carbons (Fsp3) is 0.364. The summed E-state index contributed by atoms with van der Waals surface area (Å²) in [5, 5.41) is 0. The number of rotatable bonds is 6. The number of carbonyl (C=O) groups excluding carboxylic acids is 1. The molecule has 0 aromatic heterocycles. The van der Waals surface area contributed by atoms with Gasteiger partial charge >= 0.3 is 10.2 Å². The van der Waals surface area contributed by atoms with Gasteiger partial charge in [0.15, 0.2) is 5.84 Å². The lowest BCUT2D eigenvalue weighted by Gasteiger charge is -2.36. The Morgan fingerprint density at radius 2 is 2.00 bits per heavy atom. The molecule has 2 aromatic rings. The molecule has 1 atom stereocenters. The second kappa shape index (κ2) is 9.07. The molecule has 1 amide bonds. The van der Waals surface area contributed by atoms with Crippen LogP contribution in [-0.2, 0) is 21.4 Å². The number of benzene rings is 2. The maximum Gasteiger partial charge on any atom is 0.344 e.